The van der Waals surface area contributed by atoms with Crippen molar-refractivity contribution in [1.29, 1.82) is 5.26 Å². The van der Waals surface area contributed by atoms with Crippen molar-refractivity contribution < 1.29 is 0 Å². The third kappa shape index (κ3) is 5.28. The van der Waals surface area contributed by atoms with E-state index in [1.165, 1.54) is 25.7 Å². The number of benzene rings is 1. The Morgan fingerprint density at radius 3 is 2.83 bits per heavy atom. The normalized spacial score (nSPS) is 18.8. The van der Waals surface area contributed by atoms with Crippen LogP contribution in [0.2, 0.25) is 0 Å². The second-order valence-corrected chi connectivity index (χ2v) is 8.69. The van der Waals surface area contributed by atoms with Crippen molar-refractivity contribution in [2.24, 2.45) is 5.92 Å². The molecule has 1 aliphatic carbocycles. The van der Waals surface area contributed by atoms with E-state index in [0.29, 0.717) is 17.6 Å². The zero-order valence-electron chi connectivity index (χ0n) is 18.1. The topological polar surface area (TPSA) is 76.9 Å². The monoisotopic (exact) mass is 404 g/mol. The Morgan fingerprint density at radius 1 is 1.20 bits per heavy atom. The van der Waals surface area contributed by atoms with Gasteiger partial charge in [0.1, 0.15) is 5.82 Å². The molecule has 0 radical (unpaired) electrons. The summed E-state index contributed by atoms with van der Waals surface area (Å²) in [5.41, 5.74) is 3.55. The Kier molecular flexibility index (Phi) is 6.49. The summed E-state index contributed by atoms with van der Waals surface area (Å²) in [6, 6.07) is 10.7. The Hall–Kier alpha value is -2.65. The molecule has 30 heavy (non-hydrogen) atoms. The largest absolute Gasteiger partial charge is 0.355 e. The highest BCUT2D eigenvalue weighted by Gasteiger charge is 2.25. The van der Waals surface area contributed by atoms with Crippen LogP contribution in [0.1, 0.15) is 55.8 Å². The molecule has 1 aliphatic heterocycles. The summed E-state index contributed by atoms with van der Waals surface area (Å²) >= 11 is 0. The van der Waals surface area contributed by atoms with Crippen LogP contribution in [-0.4, -0.2) is 35.6 Å². The van der Waals surface area contributed by atoms with Crippen molar-refractivity contribution in [2.45, 2.75) is 58.4 Å². The van der Waals surface area contributed by atoms with Gasteiger partial charge in [0.15, 0.2) is 0 Å². The number of aromatic nitrogens is 2. The van der Waals surface area contributed by atoms with Gasteiger partial charge >= 0.3 is 0 Å². The first-order chi connectivity index (χ1) is 14.6. The van der Waals surface area contributed by atoms with Crippen LogP contribution in [0.3, 0.4) is 0 Å². The molecule has 158 valence electrons. The van der Waals surface area contributed by atoms with E-state index in [2.05, 4.69) is 34.6 Å². The molecule has 1 saturated heterocycles. The second-order valence-electron chi connectivity index (χ2n) is 8.69. The lowest BCUT2D eigenvalue weighted by Gasteiger charge is -2.34. The van der Waals surface area contributed by atoms with Crippen LogP contribution < -0.4 is 15.5 Å². The fraction of sp³-hybridized carbons (Fsp3) is 0.542. The van der Waals surface area contributed by atoms with Gasteiger partial charge in [-0.1, -0.05) is 19.4 Å². The molecule has 2 heterocycles. The van der Waals surface area contributed by atoms with Gasteiger partial charge in [0, 0.05) is 36.6 Å². The Labute approximate surface area is 179 Å². The summed E-state index contributed by atoms with van der Waals surface area (Å²) < 4.78 is 0. The number of aryl methyl sites for hydroxylation is 2. The zero-order valence-corrected chi connectivity index (χ0v) is 18.1. The highest BCUT2D eigenvalue weighted by molar-refractivity contribution is 5.59. The van der Waals surface area contributed by atoms with Gasteiger partial charge in [-0.25, -0.2) is 4.98 Å². The van der Waals surface area contributed by atoms with Gasteiger partial charge in [0.25, 0.3) is 0 Å². The summed E-state index contributed by atoms with van der Waals surface area (Å²) in [4.78, 5) is 12.0. The molecule has 2 N–H and O–H groups in total. The second kappa shape index (κ2) is 9.44. The molecule has 0 spiro atoms. The van der Waals surface area contributed by atoms with Crippen LogP contribution in [0.5, 0.6) is 0 Å². The van der Waals surface area contributed by atoms with Crippen LogP contribution in [0, 0.1) is 24.2 Å². The van der Waals surface area contributed by atoms with Crippen molar-refractivity contribution in [3.63, 3.8) is 0 Å². The maximum absolute atomic E-state index is 9.32. The van der Waals surface area contributed by atoms with Gasteiger partial charge in [-0.2, -0.15) is 10.2 Å². The molecule has 0 bridgehead atoms. The van der Waals surface area contributed by atoms with E-state index < -0.39 is 0 Å². The maximum Gasteiger partial charge on any atom is 0.229 e. The smallest absolute Gasteiger partial charge is 0.229 e. The molecular formula is C24H32N6. The van der Waals surface area contributed by atoms with Crippen LogP contribution in [0.15, 0.2) is 24.3 Å². The number of nitrogens with one attached hydrogen (secondary N) is 2. The molecule has 1 aromatic heterocycles. The van der Waals surface area contributed by atoms with Gasteiger partial charge in [-0.3, -0.25) is 0 Å². The predicted octanol–water partition coefficient (Wildman–Crippen LogP) is 4.32. The van der Waals surface area contributed by atoms with E-state index >= 15 is 0 Å². The van der Waals surface area contributed by atoms with Crippen LogP contribution in [0.25, 0.3) is 0 Å². The van der Waals surface area contributed by atoms with E-state index in [4.69, 9.17) is 9.97 Å². The number of nitrogens with zero attached hydrogens (tertiary/aromatic N) is 4. The fourth-order valence-corrected chi connectivity index (χ4v) is 4.04. The lowest BCUT2D eigenvalue weighted by molar-refractivity contribution is 0.414. The van der Waals surface area contributed by atoms with Gasteiger partial charge in [-0.15, -0.1) is 0 Å². The average Bonchev–Trinajstić information content (AvgIpc) is 3.58. The first kappa shape index (κ1) is 20.6. The van der Waals surface area contributed by atoms with E-state index in [-0.39, 0.29) is 0 Å². The third-order valence-electron chi connectivity index (χ3n) is 6.02. The van der Waals surface area contributed by atoms with Crippen LogP contribution >= 0.6 is 0 Å². The lowest BCUT2D eigenvalue weighted by Crippen LogP contribution is -2.46. The van der Waals surface area contributed by atoms with Gasteiger partial charge in [0.2, 0.25) is 5.95 Å². The van der Waals surface area contributed by atoms with Crippen molar-refractivity contribution in [3.05, 3.63) is 41.1 Å². The molecular weight excluding hydrogens is 372 g/mol. The molecule has 0 amide bonds. The Bertz CT molecular complexity index is 914. The minimum absolute atomic E-state index is 0.538. The van der Waals surface area contributed by atoms with Crippen LogP contribution in [-0.2, 0) is 6.42 Å². The van der Waals surface area contributed by atoms with E-state index in [9.17, 15) is 5.26 Å². The van der Waals surface area contributed by atoms with Crippen molar-refractivity contribution >= 4 is 17.5 Å². The highest BCUT2D eigenvalue weighted by Crippen LogP contribution is 2.28. The lowest BCUT2D eigenvalue weighted by atomic mass is 10.1. The van der Waals surface area contributed by atoms with Gasteiger partial charge in [-0.05, 0) is 69.2 Å². The SMILES string of the molecule is CCCc1cc(N2CCC[C@H](NCC3CC3)C2)nc(Nc2ccc(C)c(C#N)c2)n1. The number of anilines is 3. The maximum atomic E-state index is 9.32. The predicted molar refractivity (Wildman–Crippen MR) is 121 cm³/mol. The summed E-state index contributed by atoms with van der Waals surface area (Å²) in [7, 11) is 0. The molecule has 1 aromatic carbocycles. The number of nitriles is 1. The van der Waals surface area contributed by atoms with E-state index in [1.54, 1.807) is 0 Å². The molecule has 6 nitrogen and oxygen atoms in total. The van der Waals surface area contributed by atoms with Crippen molar-refractivity contribution in [3.8, 4) is 6.07 Å². The molecule has 2 aromatic rings. The number of hydrogen-bond acceptors (Lipinski definition) is 6. The average molecular weight is 405 g/mol. The quantitative estimate of drug-likeness (QED) is 0.682. The van der Waals surface area contributed by atoms with Gasteiger partial charge in [0.05, 0.1) is 11.6 Å². The standard InChI is InChI=1S/C24H32N6/c1-3-5-20-13-23(30-11-4-6-22(16-30)26-15-18-8-9-18)29-24(27-20)28-21-10-7-17(2)19(12-21)14-25/h7,10,12-13,18,22,26H,3-6,8-9,11,15-16H2,1-2H3,(H,27,28,29)/t22-/m0/s1. The molecule has 6 heteroatoms. The van der Waals surface area contributed by atoms with Gasteiger partial charge < -0.3 is 15.5 Å². The summed E-state index contributed by atoms with van der Waals surface area (Å²) in [6.07, 6.45) is 7.17. The number of rotatable bonds is 8. The van der Waals surface area contributed by atoms with E-state index in [0.717, 1.165) is 61.2 Å². The molecule has 1 saturated carbocycles. The molecule has 2 fully saturated rings. The minimum atomic E-state index is 0.538. The first-order valence-electron chi connectivity index (χ1n) is 11.3. The van der Waals surface area contributed by atoms with Crippen molar-refractivity contribution in [2.75, 3.05) is 29.9 Å². The summed E-state index contributed by atoms with van der Waals surface area (Å²) in [5, 5.41) is 16.4. The Morgan fingerprint density at radius 2 is 2.07 bits per heavy atom. The van der Waals surface area contributed by atoms with E-state index in [1.807, 2.05) is 25.1 Å². The highest BCUT2D eigenvalue weighted by atomic mass is 15.2. The molecule has 1 atom stereocenters. The zero-order chi connectivity index (χ0) is 20.9. The molecule has 2 aliphatic rings. The fourth-order valence-electron chi connectivity index (χ4n) is 4.04. The minimum Gasteiger partial charge on any atom is -0.355 e. The third-order valence-corrected chi connectivity index (χ3v) is 6.02. The number of hydrogen-bond donors (Lipinski definition) is 2. The number of piperidine rings is 1. The summed E-state index contributed by atoms with van der Waals surface area (Å²) in [6.45, 7) is 7.31. The van der Waals surface area contributed by atoms with Crippen molar-refractivity contribution in [1.82, 2.24) is 15.3 Å². The Balaban J connectivity index is 1.52. The first-order valence-corrected chi connectivity index (χ1v) is 11.3. The van der Waals surface area contributed by atoms with Crippen LogP contribution in [0.4, 0.5) is 17.5 Å². The molecule has 4 rings (SSSR count). The summed E-state index contributed by atoms with van der Waals surface area (Å²) in [5.74, 6) is 2.51. The molecule has 0 unspecified atom stereocenters.